The van der Waals surface area contributed by atoms with Gasteiger partial charge in [-0.1, -0.05) is 0 Å². The highest BCUT2D eigenvalue weighted by atomic mass is 32.1. The van der Waals surface area contributed by atoms with Crippen molar-refractivity contribution >= 4 is 11.3 Å². The van der Waals surface area contributed by atoms with Gasteiger partial charge in [0.05, 0.1) is 24.4 Å². The van der Waals surface area contributed by atoms with Crippen molar-refractivity contribution in [3.8, 4) is 0 Å². The summed E-state index contributed by atoms with van der Waals surface area (Å²) in [6, 6.07) is 4.54. The van der Waals surface area contributed by atoms with Gasteiger partial charge in [-0.15, -0.1) is 11.3 Å². The van der Waals surface area contributed by atoms with E-state index >= 15 is 0 Å². The first-order valence-electron chi connectivity index (χ1n) is 7.17. The molecular weight excluding hydrogens is 272 g/mol. The van der Waals surface area contributed by atoms with Crippen LogP contribution in [0.3, 0.4) is 0 Å². The molecule has 0 radical (unpaired) electrons. The molecule has 0 amide bonds. The average Bonchev–Trinajstić information content (AvgIpc) is 2.73. The molecule has 0 saturated carbocycles. The first-order valence-corrected chi connectivity index (χ1v) is 7.98. The van der Waals surface area contributed by atoms with Crippen molar-refractivity contribution < 1.29 is 9.84 Å². The summed E-state index contributed by atoms with van der Waals surface area (Å²) in [6.07, 6.45) is -0.138. The third kappa shape index (κ3) is 3.59. The van der Waals surface area contributed by atoms with Crippen molar-refractivity contribution in [2.75, 3.05) is 19.7 Å². The van der Waals surface area contributed by atoms with Gasteiger partial charge in [0.15, 0.2) is 0 Å². The number of rotatable bonds is 4. The zero-order chi connectivity index (χ0) is 14.9. The molecule has 0 aromatic carbocycles. The Morgan fingerprint density at radius 1 is 1.55 bits per heavy atom. The van der Waals surface area contributed by atoms with E-state index in [-0.39, 0.29) is 30.4 Å². The molecule has 5 heteroatoms. The zero-order valence-corrected chi connectivity index (χ0v) is 13.6. The van der Waals surface area contributed by atoms with Crippen LogP contribution in [0.25, 0.3) is 0 Å². The Hall–Kier alpha value is -0.460. The monoisotopic (exact) mass is 298 g/mol. The lowest BCUT2D eigenvalue weighted by Crippen LogP contribution is -2.56. The van der Waals surface area contributed by atoms with Crippen molar-refractivity contribution in [3.63, 3.8) is 0 Å². The molecule has 3 unspecified atom stereocenters. The zero-order valence-electron chi connectivity index (χ0n) is 12.8. The van der Waals surface area contributed by atoms with E-state index in [9.17, 15) is 5.11 Å². The fraction of sp³-hybridized carbons (Fsp3) is 0.733. The Bertz CT molecular complexity index is 445. The van der Waals surface area contributed by atoms with E-state index in [0.717, 1.165) is 13.1 Å². The number of ether oxygens (including phenoxy) is 1. The van der Waals surface area contributed by atoms with Gasteiger partial charge in [-0.2, -0.15) is 0 Å². The Morgan fingerprint density at radius 3 is 2.75 bits per heavy atom. The second kappa shape index (κ2) is 6.12. The smallest absolute Gasteiger partial charge is 0.0940 e. The van der Waals surface area contributed by atoms with Crippen molar-refractivity contribution in [1.29, 1.82) is 0 Å². The second-order valence-electron chi connectivity index (χ2n) is 6.36. The van der Waals surface area contributed by atoms with Gasteiger partial charge in [-0.05, 0) is 39.8 Å². The van der Waals surface area contributed by atoms with E-state index in [1.807, 2.05) is 0 Å². The number of morpholine rings is 1. The van der Waals surface area contributed by atoms with E-state index in [1.165, 1.54) is 9.75 Å². The van der Waals surface area contributed by atoms with Gasteiger partial charge in [0, 0.05) is 28.9 Å². The van der Waals surface area contributed by atoms with Crippen LogP contribution in [-0.2, 0) is 4.74 Å². The molecule has 2 rings (SSSR count). The number of aliphatic hydroxyl groups is 1. The number of hydrogen-bond acceptors (Lipinski definition) is 5. The van der Waals surface area contributed by atoms with Crippen LogP contribution >= 0.6 is 11.3 Å². The molecule has 1 aliphatic heterocycles. The van der Waals surface area contributed by atoms with Gasteiger partial charge in [0.2, 0.25) is 0 Å². The molecule has 3 atom stereocenters. The molecule has 0 spiro atoms. The number of thiophene rings is 1. The summed E-state index contributed by atoms with van der Waals surface area (Å²) < 4.78 is 5.90. The predicted molar refractivity (Wildman–Crippen MR) is 83.1 cm³/mol. The van der Waals surface area contributed by atoms with E-state index in [1.54, 1.807) is 11.3 Å². The maximum Gasteiger partial charge on any atom is 0.0940 e. The maximum absolute atomic E-state index is 9.46. The molecule has 3 N–H and O–H groups in total. The molecule has 114 valence electrons. The predicted octanol–water partition coefficient (Wildman–Crippen LogP) is 1.92. The van der Waals surface area contributed by atoms with Crippen molar-refractivity contribution in [2.45, 2.75) is 51.5 Å². The largest absolute Gasteiger partial charge is 0.394 e. The minimum absolute atomic E-state index is 0.0429. The van der Waals surface area contributed by atoms with E-state index in [2.05, 4.69) is 44.7 Å². The third-order valence-corrected chi connectivity index (χ3v) is 4.73. The molecule has 0 bridgehead atoms. The number of nitrogens with two attached hydrogens (primary N) is 1. The highest BCUT2D eigenvalue weighted by molar-refractivity contribution is 7.12. The third-order valence-electron chi connectivity index (χ3n) is 3.66. The van der Waals surface area contributed by atoms with Crippen LogP contribution in [0.4, 0.5) is 0 Å². The Labute approximate surface area is 125 Å². The van der Waals surface area contributed by atoms with Gasteiger partial charge < -0.3 is 15.6 Å². The van der Waals surface area contributed by atoms with Crippen LogP contribution in [-0.4, -0.2) is 47.4 Å². The Morgan fingerprint density at radius 2 is 2.25 bits per heavy atom. The number of nitrogens with zero attached hydrogens (tertiary/aromatic N) is 1. The van der Waals surface area contributed by atoms with Gasteiger partial charge in [-0.25, -0.2) is 0 Å². The first-order chi connectivity index (χ1) is 9.32. The molecule has 1 aromatic rings. The molecule has 1 fully saturated rings. The van der Waals surface area contributed by atoms with Crippen LogP contribution in [0.15, 0.2) is 12.1 Å². The Balaban J connectivity index is 2.24. The molecule has 0 aliphatic carbocycles. The van der Waals surface area contributed by atoms with Gasteiger partial charge in [0.1, 0.15) is 0 Å². The fourth-order valence-corrected chi connectivity index (χ4v) is 4.16. The lowest BCUT2D eigenvalue weighted by atomic mass is 9.99. The molecule has 2 heterocycles. The summed E-state index contributed by atoms with van der Waals surface area (Å²) in [4.78, 5) is 4.96. The molecular formula is C15H26N2O2S. The van der Waals surface area contributed by atoms with Crippen molar-refractivity contribution in [3.05, 3.63) is 21.9 Å². The van der Waals surface area contributed by atoms with Crippen LogP contribution in [0, 0.1) is 6.92 Å². The normalized spacial score (nSPS) is 26.4. The van der Waals surface area contributed by atoms with Gasteiger partial charge >= 0.3 is 0 Å². The van der Waals surface area contributed by atoms with Crippen LogP contribution < -0.4 is 5.73 Å². The average molecular weight is 298 g/mol. The quantitative estimate of drug-likeness (QED) is 0.891. The first kappa shape index (κ1) is 15.9. The van der Waals surface area contributed by atoms with Gasteiger partial charge in [-0.3, -0.25) is 4.90 Å². The highest BCUT2D eigenvalue weighted by Crippen LogP contribution is 2.34. The summed E-state index contributed by atoms with van der Waals surface area (Å²) in [5.41, 5.74) is 5.99. The van der Waals surface area contributed by atoms with Gasteiger partial charge in [0.25, 0.3) is 0 Å². The van der Waals surface area contributed by atoms with Crippen LogP contribution in [0.1, 0.15) is 36.6 Å². The molecule has 1 aromatic heterocycles. The summed E-state index contributed by atoms with van der Waals surface area (Å²) in [6.45, 7) is 9.91. The summed E-state index contributed by atoms with van der Waals surface area (Å²) in [5.74, 6) is 0. The number of aryl methyl sites for hydroxylation is 1. The summed E-state index contributed by atoms with van der Waals surface area (Å²) >= 11 is 1.80. The molecule has 1 aliphatic rings. The maximum atomic E-state index is 9.46. The number of hydrogen-bond donors (Lipinski definition) is 2. The molecule has 1 saturated heterocycles. The standard InChI is InChI=1S/C15H26N2O2S/c1-10-5-6-13(20-10)14(11(2)16)17-7-12(8-18)19-15(3,4)9-17/h5-6,11-12,14,18H,7-9,16H2,1-4H3. The second-order valence-corrected chi connectivity index (χ2v) is 7.68. The van der Waals surface area contributed by atoms with Crippen molar-refractivity contribution in [2.24, 2.45) is 5.73 Å². The van der Waals surface area contributed by atoms with Crippen LogP contribution in [0.5, 0.6) is 0 Å². The molecule has 4 nitrogen and oxygen atoms in total. The minimum atomic E-state index is -0.259. The molecule has 20 heavy (non-hydrogen) atoms. The van der Waals surface area contributed by atoms with E-state index in [4.69, 9.17) is 10.5 Å². The van der Waals surface area contributed by atoms with E-state index in [0.29, 0.717) is 0 Å². The topological polar surface area (TPSA) is 58.7 Å². The van der Waals surface area contributed by atoms with E-state index < -0.39 is 0 Å². The Kier molecular flexibility index (Phi) is 4.87. The summed E-state index contributed by atoms with van der Waals surface area (Å²) in [5, 5.41) is 9.46. The fourth-order valence-electron chi connectivity index (χ4n) is 3.03. The lowest BCUT2D eigenvalue weighted by Gasteiger charge is -2.46. The lowest BCUT2D eigenvalue weighted by molar-refractivity contribution is -0.158. The van der Waals surface area contributed by atoms with Crippen LogP contribution in [0.2, 0.25) is 0 Å². The van der Waals surface area contributed by atoms with Crippen molar-refractivity contribution in [1.82, 2.24) is 4.90 Å². The SMILES string of the molecule is Cc1ccc(C(C(C)N)N2CC(CO)OC(C)(C)C2)s1. The highest BCUT2D eigenvalue weighted by Gasteiger charge is 2.38. The minimum Gasteiger partial charge on any atom is -0.394 e. The number of aliphatic hydroxyl groups excluding tert-OH is 1. The summed E-state index contributed by atoms with van der Waals surface area (Å²) in [7, 11) is 0.